The number of hydrogen-bond acceptors (Lipinski definition) is 6. The van der Waals surface area contributed by atoms with Crippen LogP contribution in [0.5, 0.6) is 0 Å². The molecule has 6 heteroatoms. The molecule has 0 aromatic rings. The molecule has 0 radical (unpaired) electrons. The Balaban J connectivity index is 4.37. The summed E-state index contributed by atoms with van der Waals surface area (Å²) in [4.78, 5) is 38.2. The van der Waals surface area contributed by atoms with E-state index in [1.807, 2.05) is 0 Å². The molecule has 0 aromatic heterocycles. The van der Waals surface area contributed by atoms with Gasteiger partial charge in [0, 0.05) is 19.3 Å². The van der Waals surface area contributed by atoms with Crippen LogP contribution in [0, 0.1) is 0 Å². The molecule has 0 aromatic carbocycles. The first-order valence-electron chi connectivity index (χ1n) is 30.5. The molecule has 0 heterocycles. The van der Waals surface area contributed by atoms with E-state index in [-0.39, 0.29) is 31.1 Å². The number of allylic oxidation sites excluding steroid dienone is 20. The lowest BCUT2D eigenvalue weighted by Crippen LogP contribution is -2.30. The van der Waals surface area contributed by atoms with Crippen LogP contribution in [0.3, 0.4) is 0 Å². The smallest absolute Gasteiger partial charge is 0.306 e. The first-order valence-corrected chi connectivity index (χ1v) is 30.5. The maximum atomic E-state index is 12.9. The lowest BCUT2D eigenvalue weighted by Gasteiger charge is -2.18. The number of carbonyl (C=O) groups is 3. The number of unbranched alkanes of at least 4 members (excludes halogenated alkanes) is 23. The van der Waals surface area contributed by atoms with Crippen molar-refractivity contribution in [3.8, 4) is 0 Å². The second kappa shape index (κ2) is 61.4. The molecule has 0 fully saturated rings. The van der Waals surface area contributed by atoms with Crippen molar-refractivity contribution in [3.63, 3.8) is 0 Å². The van der Waals surface area contributed by atoms with Gasteiger partial charge in [-0.25, -0.2) is 0 Å². The summed E-state index contributed by atoms with van der Waals surface area (Å²) in [5.74, 6) is -0.930. The van der Waals surface area contributed by atoms with Crippen LogP contribution in [0.15, 0.2) is 122 Å². The molecule has 0 aliphatic carbocycles. The van der Waals surface area contributed by atoms with Gasteiger partial charge in [0.2, 0.25) is 0 Å². The van der Waals surface area contributed by atoms with Crippen LogP contribution in [0.2, 0.25) is 0 Å². The van der Waals surface area contributed by atoms with E-state index in [9.17, 15) is 14.4 Å². The maximum absolute atomic E-state index is 12.9. The van der Waals surface area contributed by atoms with Crippen LogP contribution >= 0.6 is 0 Å². The fourth-order valence-corrected chi connectivity index (χ4v) is 8.08. The lowest BCUT2D eigenvalue weighted by atomic mass is 10.1. The summed E-state index contributed by atoms with van der Waals surface area (Å²) >= 11 is 0. The Morgan fingerprint density at radius 1 is 0.284 bits per heavy atom. The number of esters is 3. The highest BCUT2D eigenvalue weighted by atomic mass is 16.6. The Morgan fingerprint density at radius 3 is 0.865 bits per heavy atom. The van der Waals surface area contributed by atoms with Crippen molar-refractivity contribution in [2.75, 3.05) is 13.2 Å². The Morgan fingerprint density at radius 2 is 0.541 bits per heavy atom. The molecule has 420 valence electrons. The summed E-state index contributed by atoms with van der Waals surface area (Å²) in [7, 11) is 0. The number of carbonyl (C=O) groups excluding carboxylic acids is 3. The minimum atomic E-state index is -0.798. The molecule has 0 saturated heterocycles. The van der Waals surface area contributed by atoms with Crippen LogP contribution < -0.4 is 0 Å². The van der Waals surface area contributed by atoms with Crippen molar-refractivity contribution in [2.45, 2.75) is 277 Å². The quantitative estimate of drug-likeness (QED) is 0.0261. The van der Waals surface area contributed by atoms with E-state index in [0.717, 1.165) is 154 Å². The third kappa shape index (κ3) is 58.7. The van der Waals surface area contributed by atoms with Gasteiger partial charge >= 0.3 is 17.9 Å². The first kappa shape index (κ1) is 69.8. The van der Waals surface area contributed by atoms with Crippen LogP contribution in [0.25, 0.3) is 0 Å². The van der Waals surface area contributed by atoms with Gasteiger partial charge in [-0.3, -0.25) is 14.4 Å². The standard InChI is InChI=1S/C68H112O6/c1-4-7-10-13-16-19-22-25-28-29-30-31-32-33-34-35-36-37-38-39-41-43-46-49-52-55-58-61-67(70)73-64-65(63-72-66(69)60-57-54-51-48-45-42-27-24-21-18-15-12-9-6-3)74-68(71)62-59-56-53-50-47-44-40-26-23-20-17-14-11-8-5-2/h7,10,15-20,24-28,30-31,33-34,36-37,40,65H,4-6,8-9,11-14,21-23,29,32,35,38-39,41-64H2,1-3H3/b10-7-,18-15-,19-16-,20-17-,27-24-,28-25-,31-30-,34-33-,37-36-,40-26-. The van der Waals surface area contributed by atoms with E-state index in [1.54, 1.807) is 0 Å². The SMILES string of the molecule is CC/C=C\C/C=C\C/C=C\C/C=C\C/C=C\C/C=C\CCCCCCCCCCC(=O)OCC(COC(=O)CCCCCCC/C=C\C/C=C\CCCC)OC(=O)CCCCCCC/C=C\C/C=C\CCCCC. The fourth-order valence-electron chi connectivity index (χ4n) is 8.08. The van der Waals surface area contributed by atoms with Gasteiger partial charge < -0.3 is 14.2 Å². The molecule has 1 unspecified atom stereocenters. The average molecular weight is 1030 g/mol. The van der Waals surface area contributed by atoms with Gasteiger partial charge in [0.1, 0.15) is 13.2 Å². The first-order chi connectivity index (χ1) is 36.5. The van der Waals surface area contributed by atoms with Crippen molar-refractivity contribution < 1.29 is 28.6 Å². The predicted octanol–water partition coefficient (Wildman–Crippen LogP) is 20.8. The highest BCUT2D eigenvalue weighted by molar-refractivity contribution is 5.71. The highest BCUT2D eigenvalue weighted by Crippen LogP contribution is 2.14. The molecule has 74 heavy (non-hydrogen) atoms. The normalized spacial score (nSPS) is 13.0. The molecule has 0 bridgehead atoms. The topological polar surface area (TPSA) is 78.9 Å². The van der Waals surface area contributed by atoms with E-state index in [4.69, 9.17) is 14.2 Å². The summed E-state index contributed by atoms with van der Waals surface area (Å²) in [5.41, 5.74) is 0. The Hall–Kier alpha value is -4.19. The van der Waals surface area contributed by atoms with E-state index < -0.39 is 6.10 Å². The van der Waals surface area contributed by atoms with Gasteiger partial charge in [-0.1, -0.05) is 245 Å². The molecular formula is C68H112O6. The average Bonchev–Trinajstić information content (AvgIpc) is 3.40. The molecule has 1 atom stereocenters. The Bertz CT molecular complexity index is 1550. The van der Waals surface area contributed by atoms with Crippen LogP contribution in [-0.4, -0.2) is 37.2 Å². The Labute approximate surface area is 456 Å². The third-order valence-electron chi connectivity index (χ3n) is 12.7. The lowest BCUT2D eigenvalue weighted by molar-refractivity contribution is -0.167. The summed E-state index contributed by atoms with van der Waals surface area (Å²) in [5, 5.41) is 0. The third-order valence-corrected chi connectivity index (χ3v) is 12.7. The molecular weight excluding hydrogens is 913 g/mol. The van der Waals surface area contributed by atoms with Gasteiger partial charge in [0.05, 0.1) is 0 Å². The minimum absolute atomic E-state index is 0.0951. The summed E-state index contributed by atoms with van der Waals surface area (Å²) in [6, 6.07) is 0. The van der Waals surface area contributed by atoms with E-state index in [0.29, 0.717) is 19.3 Å². The van der Waals surface area contributed by atoms with Crippen LogP contribution in [0.4, 0.5) is 0 Å². The monoisotopic (exact) mass is 1020 g/mol. The zero-order valence-corrected chi connectivity index (χ0v) is 48.1. The summed E-state index contributed by atoms with van der Waals surface area (Å²) < 4.78 is 16.9. The summed E-state index contributed by atoms with van der Waals surface area (Å²) in [6.45, 7) is 6.43. The van der Waals surface area contributed by atoms with Crippen molar-refractivity contribution in [2.24, 2.45) is 0 Å². The van der Waals surface area contributed by atoms with Crippen LogP contribution in [-0.2, 0) is 28.6 Å². The van der Waals surface area contributed by atoms with Gasteiger partial charge in [0.15, 0.2) is 6.10 Å². The maximum Gasteiger partial charge on any atom is 0.306 e. The second-order valence-corrected chi connectivity index (χ2v) is 19.9. The molecule has 0 aliphatic heterocycles. The van der Waals surface area contributed by atoms with E-state index in [2.05, 4.69) is 142 Å². The Kier molecular flexibility index (Phi) is 57.9. The van der Waals surface area contributed by atoms with Crippen molar-refractivity contribution in [1.29, 1.82) is 0 Å². The molecule has 0 saturated carbocycles. The number of hydrogen-bond donors (Lipinski definition) is 0. The molecule has 0 spiro atoms. The zero-order valence-electron chi connectivity index (χ0n) is 48.1. The van der Waals surface area contributed by atoms with Crippen molar-refractivity contribution in [1.82, 2.24) is 0 Å². The second-order valence-electron chi connectivity index (χ2n) is 19.9. The van der Waals surface area contributed by atoms with Gasteiger partial charge in [-0.2, -0.15) is 0 Å². The van der Waals surface area contributed by atoms with E-state index in [1.165, 1.54) is 77.0 Å². The largest absolute Gasteiger partial charge is 0.462 e. The van der Waals surface area contributed by atoms with Gasteiger partial charge in [-0.05, 0) is 128 Å². The summed E-state index contributed by atoms with van der Waals surface area (Å²) in [6.07, 6.45) is 84.7. The van der Waals surface area contributed by atoms with Crippen molar-refractivity contribution in [3.05, 3.63) is 122 Å². The van der Waals surface area contributed by atoms with E-state index >= 15 is 0 Å². The minimum Gasteiger partial charge on any atom is -0.462 e. The highest BCUT2D eigenvalue weighted by Gasteiger charge is 2.19. The molecule has 0 rings (SSSR count). The molecule has 0 amide bonds. The molecule has 6 nitrogen and oxygen atoms in total. The van der Waals surface area contributed by atoms with Crippen LogP contribution in [0.1, 0.15) is 271 Å². The number of rotatable bonds is 54. The molecule has 0 aliphatic rings. The zero-order chi connectivity index (χ0) is 53.6. The van der Waals surface area contributed by atoms with Gasteiger partial charge in [-0.15, -0.1) is 0 Å². The predicted molar refractivity (Wildman–Crippen MR) is 320 cm³/mol. The van der Waals surface area contributed by atoms with Crippen molar-refractivity contribution >= 4 is 17.9 Å². The number of ether oxygens (including phenoxy) is 3. The fraction of sp³-hybridized carbons (Fsp3) is 0.662. The van der Waals surface area contributed by atoms with Gasteiger partial charge in [0.25, 0.3) is 0 Å². The molecule has 0 N–H and O–H groups in total.